The van der Waals surface area contributed by atoms with Crippen molar-refractivity contribution in [1.82, 2.24) is 14.3 Å². The molecule has 1 atom stereocenters. The predicted octanol–water partition coefficient (Wildman–Crippen LogP) is 3.19. The van der Waals surface area contributed by atoms with E-state index in [0.29, 0.717) is 23.0 Å². The second-order valence-electron chi connectivity index (χ2n) is 8.06. The Kier molecular flexibility index (Phi) is 5.40. The zero-order valence-electron chi connectivity index (χ0n) is 17.2. The summed E-state index contributed by atoms with van der Waals surface area (Å²) in [6, 6.07) is 7.84. The summed E-state index contributed by atoms with van der Waals surface area (Å²) in [5.74, 6) is 1.60. The van der Waals surface area contributed by atoms with E-state index in [4.69, 9.17) is 15.9 Å². The van der Waals surface area contributed by atoms with Crippen molar-refractivity contribution in [3.05, 3.63) is 41.9 Å². The molecule has 0 spiro atoms. The van der Waals surface area contributed by atoms with Crippen molar-refractivity contribution in [1.29, 1.82) is 5.41 Å². The topological polar surface area (TPSA) is 91.4 Å². The maximum atomic E-state index is 8.71. The van der Waals surface area contributed by atoms with E-state index < -0.39 is 0 Å². The zero-order chi connectivity index (χ0) is 20.6. The molecule has 1 unspecified atom stereocenters. The van der Waals surface area contributed by atoms with Gasteiger partial charge in [-0.25, -0.2) is 14.3 Å². The van der Waals surface area contributed by atoms with Gasteiger partial charge in [0.1, 0.15) is 23.5 Å². The van der Waals surface area contributed by atoms with Crippen LogP contribution in [0.3, 0.4) is 0 Å². The first-order valence-electron chi connectivity index (χ1n) is 9.94. The number of nitrogen functional groups attached to an aromatic ring is 1. The molecule has 1 aromatic carbocycles. The van der Waals surface area contributed by atoms with E-state index in [2.05, 4.69) is 39.3 Å². The fourth-order valence-corrected chi connectivity index (χ4v) is 4.28. The van der Waals surface area contributed by atoms with Crippen molar-refractivity contribution in [2.24, 2.45) is 0 Å². The number of anilines is 2. The van der Waals surface area contributed by atoms with E-state index in [1.807, 2.05) is 18.2 Å². The number of hydrogen-bond acceptors (Lipinski definition) is 8. The Balaban J connectivity index is 1.55. The normalized spacial score (nSPS) is 21.1. The predicted molar refractivity (Wildman–Crippen MR) is 119 cm³/mol. The van der Waals surface area contributed by atoms with Gasteiger partial charge in [0.05, 0.1) is 11.4 Å². The Labute approximate surface area is 176 Å². The van der Waals surface area contributed by atoms with Gasteiger partial charge in [0, 0.05) is 43.0 Å². The van der Waals surface area contributed by atoms with E-state index in [1.165, 1.54) is 6.33 Å². The van der Waals surface area contributed by atoms with Crippen LogP contribution in [0, 0.1) is 5.41 Å². The summed E-state index contributed by atoms with van der Waals surface area (Å²) in [6.45, 7) is 7.10. The summed E-state index contributed by atoms with van der Waals surface area (Å²) >= 11 is 1.78. The number of piperazine rings is 1. The molecule has 2 aromatic rings. The molecular formula is C21H28N6OS. The highest BCUT2D eigenvalue weighted by Gasteiger charge is 2.40. The van der Waals surface area contributed by atoms with Crippen molar-refractivity contribution in [3.63, 3.8) is 0 Å². The van der Waals surface area contributed by atoms with Crippen molar-refractivity contribution < 1.29 is 4.74 Å². The molecule has 0 bridgehead atoms. The molecule has 0 amide bonds. The van der Waals surface area contributed by atoms with Gasteiger partial charge in [-0.1, -0.05) is 11.9 Å². The third-order valence-electron chi connectivity index (χ3n) is 5.65. The Morgan fingerprint density at radius 3 is 2.76 bits per heavy atom. The first-order chi connectivity index (χ1) is 13.9. The minimum absolute atomic E-state index is 0.0761. The molecule has 0 radical (unpaired) electrons. The van der Waals surface area contributed by atoms with Crippen LogP contribution in [0.4, 0.5) is 11.5 Å². The van der Waals surface area contributed by atoms with Gasteiger partial charge < -0.3 is 15.4 Å². The standard InChI is InChI=1S/C21H28N6OS/c1-14-12-26(8-9-27(14)29-3)19-11-18(24-13-25-19)20(23)16-10-15(4-5-17(16)22)28-21(2)6-7-21/h4-5,10-11,13-14,23H,6-9,12,22H2,1-3H3. The van der Waals surface area contributed by atoms with Gasteiger partial charge in [0.25, 0.3) is 0 Å². The van der Waals surface area contributed by atoms with Gasteiger partial charge in [-0.05, 0) is 51.1 Å². The lowest BCUT2D eigenvalue weighted by Crippen LogP contribution is -2.49. The second kappa shape index (κ2) is 7.84. The molecule has 154 valence electrons. The molecular weight excluding hydrogens is 384 g/mol. The SMILES string of the molecule is CSN1CCN(c2cc(C(=N)c3cc(OC4(C)CC4)ccc3N)ncn2)CC1C. The van der Waals surface area contributed by atoms with Gasteiger partial charge in [0.15, 0.2) is 0 Å². The van der Waals surface area contributed by atoms with Crippen LogP contribution in [0.5, 0.6) is 5.75 Å². The lowest BCUT2D eigenvalue weighted by atomic mass is 10.0. The summed E-state index contributed by atoms with van der Waals surface area (Å²) in [5, 5.41) is 8.71. The molecule has 1 saturated heterocycles. The van der Waals surface area contributed by atoms with E-state index in [9.17, 15) is 0 Å². The van der Waals surface area contributed by atoms with Gasteiger partial charge in [-0.2, -0.15) is 0 Å². The number of nitrogens with one attached hydrogen (secondary N) is 1. The third-order valence-corrected chi connectivity index (χ3v) is 6.66. The molecule has 2 aliphatic rings. The van der Waals surface area contributed by atoms with Gasteiger partial charge >= 0.3 is 0 Å². The Bertz CT molecular complexity index is 916. The highest BCUT2D eigenvalue weighted by atomic mass is 32.2. The molecule has 2 heterocycles. The average molecular weight is 413 g/mol. The van der Waals surface area contributed by atoms with Gasteiger partial charge in [-0.3, -0.25) is 5.41 Å². The maximum Gasteiger partial charge on any atom is 0.132 e. The lowest BCUT2D eigenvalue weighted by molar-refractivity contribution is 0.200. The van der Waals surface area contributed by atoms with Crippen molar-refractivity contribution in [2.45, 2.75) is 38.3 Å². The fourth-order valence-electron chi connectivity index (χ4n) is 3.59. The molecule has 7 nitrogen and oxygen atoms in total. The summed E-state index contributed by atoms with van der Waals surface area (Å²) in [4.78, 5) is 11.1. The number of nitrogens with two attached hydrogens (primary N) is 1. The molecule has 4 rings (SSSR count). The Morgan fingerprint density at radius 1 is 1.28 bits per heavy atom. The Morgan fingerprint density at radius 2 is 2.07 bits per heavy atom. The summed E-state index contributed by atoms with van der Waals surface area (Å²) in [6.07, 6.45) is 5.76. The molecule has 29 heavy (non-hydrogen) atoms. The van der Waals surface area contributed by atoms with Gasteiger partial charge in [0.2, 0.25) is 0 Å². The van der Waals surface area contributed by atoms with Crippen LogP contribution in [0.2, 0.25) is 0 Å². The highest BCUT2D eigenvalue weighted by Crippen LogP contribution is 2.40. The molecule has 3 N–H and O–H groups in total. The fraction of sp³-hybridized carbons (Fsp3) is 0.476. The quantitative estimate of drug-likeness (QED) is 0.428. The van der Waals surface area contributed by atoms with Crippen LogP contribution in [0.15, 0.2) is 30.6 Å². The molecule has 1 aromatic heterocycles. The van der Waals surface area contributed by atoms with Crippen LogP contribution >= 0.6 is 11.9 Å². The largest absolute Gasteiger partial charge is 0.488 e. The van der Waals surface area contributed by atoms with E-state index in [1.54, 1.807) is 18.0 Å². The lowest BCUT2D eigenvalue weighted by Gasteiger charge is -2.39. The highest BCUT2D eigenvalue weighted by molar-refractivity contribution is 7.96. The monoisotopic (exact) mass is 412 g/mol. The smallest absolute Gasteiger partial charge is 0.132 e. The number of nitrogens with zero attached hydrogens (tertiary/aromatic N) is 4. The van der Waals surface area contributed by atoms with Crippen LogP contribution in [0.1, 0.15) is 37.9 Å². The van der Waals surface area contributed by atoms with Crippen LogP contribution in [-0.4, -0.2) is 57.5 Å². The summed E-state index contributed by atoms with van der Waals surface area (Å²) in [5.41, 5.74) is 8.14. The number of ether oxygens (including phenoxy) is 1. The number of rotatable bonds is 6. The minimum Gasteiger partial charge on any atom is -0.488 e. The third kappa shape index (κ3) is 4.33. The van der Waals surface area contributed by atoms with Crippen LogP contribution in [-0.2, 0) is 0 Å². The Hall–Kier alpha value is -2.32. The van der Waals surface area contributed by atoms with Crippen molar-refractivity contribution >= 4 is 29.2 Å². The van der Waals surface area contributed by atoms with Gasteiger partial charge in [-0.15, -0.1) is 0 Å². The maximum absolute atomic E-state index is 8.71. The van der Waals surface area contributed by atoms with Crippen molar-refractivity contribution in [3.8, 4) is 5.75 Å². The number of hydrogen-bond donors (Lipinski definition) is 2. The molecule has 1 saturated carbocycles. The van der Waals surface area contributed by atoms with Crippen molar-refractivity contribution in [2.75, 3.05) is 36.5 Å². The summed E-state index contributed by atoms with van der Waals surface area (Å²) in [7, 11) is 0. The summed E-state index contributed by atoms with van der Waals surface area (Å²) < 4.78 is 8.43. The minimum atomic E-state index is -0.0761. The molecule has 1 aliphatic carbocycles. The van der Waals surface area contributed by atoms with Crippen LogP contribution < -0.4 is 15.4 Å². The first kappa shape index (κ1) is 20.0. The molecule has 2 fully saturated rings. The van der Waals surface area contributed by atoms with Crippen LogP contribution in [0.25, 0.3) is 0 Å². The molecule has 8 heteroatoms. The average Bonchev–Trinajstić information content (AvgIpc) is 3.45. The van der Waals surface area contributed by atoms with E-state index in [-0.39, 0.29) is 11.3 Å². The zero-order valence-corrected chi connectivity index (χ0v) is 18.0. The number of benzene rings is 1. The molecule has 1 aliphatic heterocycles. The second-order valence-corrected chi connectivity index (χ2v) is 8.89. The number of aromatic nitrogens is 2. The van der Waals surface area contributed by atoms with E-state index >= 15 is 0 Å². The first-order valence-corrected chi connectivity index (χ1v) is 11.1. The van der Waals surface area contributed by atoms with E-state index in [0.717, 1.165) is 44.0 Å².